The van der Waals surface area contributed by atoms with Gasteiger partial charge in [-0.05, 0) is 61.8 Å². The number of carbonyl (C=O) groups is 1. The number of benzene rings is 1. The zero-order valence-corrected chi connectivity index (χ0v) is 18.2. The molecule has 0 saturated carbocycles. The Bertz CT molecular complexity index is 1100. The molecule has 1 aromatic carbocycles. The zero-order valence-electron chi connectivity index (χ0n) is 17.4. The molecule has 1 aliphatic carbocycles. The first-order chi connectivity index (χ1) is 14.4. The first-order valence-corrected chi connectivity index (χ1v) is 12.3. The van der Waals surface area contributed by atoms with E-state index in [9.17, 15) is 13.2 Å². The van der Waals surface area contributed by atoms with Gasteiger partial charge in [-0.15, -0.1) is 0 Å². The van der Waals surface area contributed by atoms with Crippen LogP contribution >= 0.6 is 0 Å². The number of aryl methyl sites for hydroxylation is 3. The van der Waals surface area contributed by atoms with Gasteiger partial charge in [-0.25, -0.2) is 8.42 Å². The van der Waals surface area contributed by atoms with Crippen molar-refractivity contribution in [1.29, 1.82) is 0 Å². The largest absolute Gasteiger partial charge is 0.337 e. The molecule has 0 radical (unpaired) electrons. The summed E-state index contributed by atoms with van der Waals surface area (Å²) >= 11 is 0. The summed E-state index contributed by atoms with van der Waals surface area (Å²) in [5.41, 5.74) is 4.58. The quantitative estimate of drug-likeness (QED) is 0.752. The van der Waals surface area contributed by atoms with Gasteiger partial charge >= 0.3 is 0 Å². The number of carbonyl (C=O) groups excluding carboxylic acids is 1. The topological polar surface area (TPSA) is 75.5 Å². The van der Waals surface area contributed by atoms with Gasteiger partial charge in [-0.3, -0.25) is 9.48 Å². The number of sulfonamides is 1. The Hall–Kier alpha value is -2.19. The van der Waals surface area contributed by atoms with Crippen molar-refractivity contribution >= 4 is 15.9 Å². The van der Waals surface area contributed by atoms with E-state index in [0.717, 1.165) is 62.0 Å². The van der Waals surface area contributed by atoms with Gasteiger partial charge in [0, 0.05) is 50.9 Å². The van der Waals surface area contributed by atoms with E-state index in [2.05, 4.69) is 5.10 Å². The molecule has 0 unspecified atom stereocenters. The van der Waals surface area contributed by atoms with Crippen LogP contribution in [0.4, 0.5) is 0 Å². The molecule has 1 saturated heterocycles. The smallest absolute Gasteiger partial charge is 0.274 e. The van der Waals surface area contributed by atoms with Crippen molar-refractivity contribution in [2.45, 2.75) is 56.4 Å². The summed E-state index contributed by atoms with van der Waals surface area (Å²) in [6.45, 7) is 2.11. The van der Waals surface area contributed by atoms with Crippen LogP contribution in [0.5, 0.6) is 0 Å². The summed E-state index contributed by atoms with van der Waals surface area (Å²) < 4.78 is 30.1. The molecule has 7 nitrogen and oxygen atoms in total. The molecule has 160 valence electrons. The maximum Gasteiger partial charge on any atom is 0.274 e. The van der Waals surface area contributed by atoms with Crippen LogP contribution < -0.4 is 0 Å². The summed E-state index contributed by atoms with van der Waals surface area (Å²) in [5.74, 6) is -0.0719. The van der Waals surface area contributed by atoms with Crippen LogP contribution in [0.2, 0.25) is 0 Å². The van der Waals surface area contributed by atoms with Crippen molar-refractivity contribution in [2.24, 2.45) is 7.05 Å². The third-order valence-corrected chi connectivity index (χ3v) is 8.60. The number of likely N-dealkylation sites (tertiary alicyclic amines) is 1. The Balaban J connectivity index is 1.45. The minimum absolute atomic E-state index is 0.0719. The maximum atomic E-state index is 13.4. The number of fused-ring (bicyclic) bond motifs is 2. The molecule has 0 N–H and O–H groups in total. The first-order valence-electron chi connectivity index (χ1n) is 10.9. The number of rotatable bonds is 3. The maximum absolute atomic E-state index is 13.4. The number of hydrogen-bond acceptors (Lipinski definition) is 4. The van der Waals surface area contributed by atoms with Crippen LogP contribution in [0, 0.1) is 0 Å². The Morgan fingerprint density at radius 1 is 0.967 bits per heavy atom. The van der Waals surface area contributed by atoms with E-state index in [1.807, 2.05) is 24.1 Å². The highest BCUT2D eigenvalue weighted by Gasteiger charge is 2.35. The molecular weight excluding hydrogens is 400 g/mol. The Morgan fingerprint density at radius 3 is 2.47 bits per heavy atom. The summed E-state index contributed by atoms with van der Waals surface area (Å²) in [6.07, 6.45) is 6.85. The molecule has 3 heterocycles. The second-order valence-corrected chi connectivity index (χ2v) is 10.6. The van der Waals surface area contributed by atoms with Gasteiger partial charge in [-0.2, -0.15) is 9.40 Å². The van der Waals surface area contributed by atoms with Gasteiger partial charge in [0.25, 0.3) is 5.91 Å². The van der Waals surface area contributed by atoms with Crippen LogP contribution in [-0.4, -0.2) is 52.9 Å². The van der Waals surface area contributed by atoms with Crippen molar-refractivity contribution in [3.63, 3.8) is 0 Å². The summed E-state index contributed by atoms with van der Waals surface area (Å²) in [7, 11) is -1.78. The van der Waals surface area contributed by atoms with Crippen LogP contribution in [0.15, 0.2) is 23.1 Å². The summed E-state index contributed by atoms with van der Waals surface area (Å²) in [6, 6.07) is 5.58. The predicted molar refractivity (Wildman–Crippen MR) is 113 cm³/mol. The second-order valence-electron chi connectivity index (χ2n) is 8.62. The molecule has 3 aliphatic rings. The number of nitrogens with zero attached hydrogens (tertiary/aromatic N) is 4. The van der Waals surface area contributed by atoms with Gasteiger partial charge < -0.3 is 4.90 Å². The number of aromatic nitrogens is 2. The molecule has 2 aromatic rings. The average Bonchev–Trinajstić information content (AvgIpc) is 3.41. The highest BCUT2D eigenvalue weighted by atomic mass is 32.2. The lowest BCUT2D eigenvalue weighted by molar-refractivity contribution is 0.0784. The first kappa shape index (κ1) is 19.8. The van der Waals surface area contributed by atoms with Gasteiger partial charge in [-0.1, -0.05) is 6.07 Å². The van der Waals surface area contributed by atoms with E-state index in [0.29, 0.717) is 23.6 Å². The number of amides is 1. The number of hydrogen-bond donors (Lipinski definition) is 0. The molecule has 0 spiro atoms. The van der Waals surface area contributed by atoms with E-state index in [4.69, 9.17) is 0 Å². The summed E-state index contributed by atoms with van der Waals surface area (Å²) in [5, 5.41) is 4.49. The van der Waals surface area contributed by atoms with Crippen LogP contribution in [-0.2, 0) is 42.9 Å². The van der Waals surface area contributed by atoms with Crippen molar-refractivity contribution in [1.82, 2.24) is 19.0 Å². The minimum Gasteiger partial charge on any atom is -0.337 e. The monoisotopic (exact) mass is 428 g/mol. The normalized spacial score (nSPS) is 19.6. The van der Waals surface area contributed by atoms with Crippen molar-refractivity contribution in [2.75, 3.05) is 19.6 Å². The molecule has 30 heavy (non-hydrogen) atoms. The minimum atomic E-state index is -3.62. The lowest BCUT2D eigenvalue weighted by atomic mass is 9.92. The van der Waals surface area contributed by atoms with Gasteiger partial charge in [0.05, 0.1) is 4.90 Å². The van der Waals surface area contributed by atoms with Crippen molar-refractivity contribution in [3.05, 3.63) is 46.3 Å². The standard InChI is InChI=1S/C22H28N4O3S/c1-24-20-10-13-26(15-19(20)21(23-24)22(27)25-11-4-5-12-25)30(28,29)18-9-8-16-6-2-3-7-17(16)14-18/h8-9,14H,2-7,10-13,15H2,1H3. The highest BCUT2D eigenvalue weighted by molar-refractivity contribution is 7.89. The molecular formula is C22H28N4O3S. The third-order valence-electron chi connectivity index (χ3n) is 6.76. The van der Waals surface area contributed by atoms with E-state index in [-0.39, 0.29) is 12.5 Å². The third kappa shape index (κ3) is 3.26. The lowest BCUT2D eigenvalue weighted by Gasteiger charge is -2.28. The fourth-order valence-electron chi connectivity index (χ4n) is 5.03. The predicted octanol–water partition coefficient (Wildman–Crippen LogP) is 2.28. The van der Waals surface area contributed by atoms with Crippen LogP contribution in [0.1, 0.15) is 58.6 Å². The van der Waals surface area contributed by atoms with Crippen molar-refractivity contribution in [3.8, 4) is 0 Å². The summed E-state index contributed by atoms with van der Waals surface area (Å²) in [4.78, 5) is 15.2. The van der Waals surface area contributed by atoms with Gasteiger partial charge in [0.1, 0.15) is 0 Å². The molecule has 0 bridgehead atoms. The van der Waals surface area contributed by atoms with Crippen LogP contribution in [0.25, 0.3) is 0 Å². The van der Waals surface area contributed by atoms with E-state index in [1.54, 1.807) is 10.7 Å². The highest BCUT2D eigenvalue weighted by Crippen LogP contribution is 2.30. The molecule has 2 aliphatic heterocycles. The molecule has 8 heteroatoms. The SMILES string of the molecule is Cn1nc(C(=O)N2CCCC2)c2c1CCN(S(=O)(=O)c1ccc3c(c1)CCCC3)C2. The average molecular weight is 429 g/mol. The fourth-order valence-corrected chi connectivity index (χ4v) is 6.49. The Kier molecular flexibility index (Phi) is 4.94. The van der Waals surface area contributed by atoms with E-state index < -0.39 is 10.0 Å². The van der Waals surface area contributed by atoms with Crippen molar-refractivity contribution < 1.29 is 13.2 Å². The second kappa shape index (κ2) is 7.50. The Labute approximate surface area is 177 Å². The molecule has 1 amide bonds. The fraction of sp³-hybridized carbons (Fsp3) is 0.545. The van der Waals surface area contributed by atoms with Gasteiger partial charge in [0.2, 0.25) is 10.0 Å². The van der Waals surface area contributed by atoms with E-state index in [1.165, 1.54) is 16.3 Å². The Morgan fingerprint density at radius 2 is 1.70 bits per heavy atom. The van der Waals surface area contributed by atoms with E-state index >= 15 is 0 Å². The van der Waals surface area contributed by atoms with Crippen LogP contribution in [0.3, 0.4) is 0 Å². The lowest BCUT2D eigenvalue weighted by Crippen LogP contribution is -2.37. The molecule has 1 fully saturated rings. The molecule has 0 atom stereocenters. The molecule has 5 rings (SSSR count). The molecule has 1 aromatic heterocycles. The zero-order chi connectivity index (χ0) is 20.9. The van der Waals surface area contributed by atoms with Gasteiger partial charge in [0.15, 0.2) is 5.69 Å².